The van der Waals surface area contributed by atoms with Crippen molar-refractivity contribution in [2.45, 2.75) is 11.7 Å². The Labute approximate surface area is 148 Å². The van der Waals surface area contributed by atoms with Crippen molar-refractivity contribution in [3.8, 4) is 0 Å². The van der Waals surface area contributed by atoms with Gasteiger partial charge in [-0.3, -0.25) is 0 Å². The summed E-state index contributed by atoms with van der Waals surface area (Å²) < 4.78 is -0.240. The van der Waals surface area contributed by atoms with Crippen LogP contribution in [-0.4, -0.2) is 12.3 Å². The fraction of sp³-hybridized carbons (Fsp3) is 0.182. The normalized spacial score (nSPS) is 11.4. The van der Waals surface area contributed by atoms with Crippen LogP contribution in [0.2, 0.25) is 0 Å². The number of thioether (sulfide) groups is 1. The maximum absolute atomic E-state index is 5.87. The van der Waals surface area contributed by atoms with E-state index in [1.807, 2.05) is 11.8 Å². The lowest BCUT2D eigenvalue weighted by Crippen LogP contribution is -2.27. The van der Waals surface area contributed by atoms with Crippen LogP contribution >= 0.6 is 11.8 Å². The van der Waals surface area contributed by atoms with Gasteiger partial charge in [0.05, 0.1) is 4.75 Å². The van der Waals surface area contributed by atoms with Gasteiger partial charge in [0.15, 0.2) is 0 Å². The molecule has 3 aromatic rings. The van der Waals surface area contributed by atoms with E-state index < -0.39 is 0 Å². The lowest BCUT2D eigenvalue weighted by molar-refractivity contribution is 0.891. The third-order valence-corrected chi connectivity index (χ3v) is 5.84. The Morgan fingerprint density at radius 1 is 0.708 bits per heavy atom. The Morgan fingerprint density at radius 2 is 1.17 bits per heavy atom. The maximum Gasteiger partial charge on any atom is 0.0907 e. The molecule has 2 N–H and O–H groups in total. The highest BCUT2D eigenvalue weighted by atomic mass is 32.2. The highest BCUT2D eigenvalue weighted by Crippen LogP contribution is 2.48. The fourth-order valence-corrected chi connectivity index (χ4v) is 4.43. The van der Waals surface area contributed by atoms with Crippen molar-refractivity contribution in [3.63, 3.8) is 0 Å². The van der Waals surface area contributed by atoms with E-state index in [1.54, 1.807) is 0 Å². The van der Waals surface area contributed by atoms with Gasteiger partial charge in [-0.15, -0.1) is 11.8 Å². The third kappa shape index (κ3) is 3.26. The minimum absolute atomic E-state index is 0.240. The third-order valence-electron chi connectivity index (χ3n) is 4.26. The van der Waals surface area contributed by atoms with E-state index in [1.165, 1.54) is 22.3 Å². The first-order chi connectivity index (χ1) is 11.8. The van der Waals surface area contributed by atoms with E-state index in [0.29, 0.717) is 6.54 Å². The molecular weight excluding hydrogens is 310 g/mol. The number of nitrogens with two attached hydrogens (primary N) is 1. The molecule has 0 unspecified atom stereocenters. The summed E-state index contributed by atoms with van der Waals surface area (Å²) in [5.74, 6) is 0.900. The molecule has 0 aromatic heterocycles. The lowest BCUT2D eigenvalue weighted by atomic mass is 9.84. The Kier molecular flexibility index (Phi) is 5.39. The Balaban J connectivity index is 2.26. The molecular formula is C22H23NS. The maximum atomic E-state index is 5.87. The first-order valence-corrected chi connectivity index (χ1v) is 9.28. The number of hydrogen-bond acceptors (Lipinski definition) is 2. The molecule has 2 heteroatoms. The van der Waals surface area contributed by atoms with Crippen molar-refractivity contribution in [2.24, 2.45) is 5.73 Å². The second-order valence-electron chi connectivity index (χ2n) is 5.92. The molecule has 122 valence electrons. The van der Waals surface area contributed by atoms with Crippen molar-refractivity contribution >= 4 is 11.8 Å². The first-order valence-electron chi connectivity index (χ1n) is 8.29. The highest BCUT2D eigenvalue weighted by Gasteiger charge is 2.36. The molecule has 0 amide bonds. The van der Waals surface area contributed by atoms with Gasteiger partial charge in [-0.1, -0.05) is 90.5 Å². The predicted molar refractivity (Wildman–Crippen MR) is 105 cm³/mol. The molecule has 0 saturated carbocycles. The molecule has 0 heterocycles. The van der Waals surface area contributed by atoms with E-state index in [2.05, 4.69) is 91.9 Å². The molecule has 1 nitrogen and oxygen atoms in total. The second-order valence-corrected chi connectivity index (χ2v) is 7.23. The van der Waals surface area contributed by atoms with Crippen LogP contribution in [0.3, 0.4) is 0 Å². The Hall–Kier alpha value is -2.03. The van der Waals surface area contributed by atoms with E-state index >= 15 is 0 Å². The zero-order chi connectivity index (χ0) is 16.8. The van der Waals surface area contributed by atoms with Gasteiger partial charge in [0, 0.05) is 12.3 Å². The van der Waals surface area contributed by atoms with Crippen LogP contribution < -0.4 is 5.73 Å². The molecule has 0 fully saturated rings. The summed E-state index contributed by atoms with van der Waals surface area (Å²) in [6, 6.07) is 30.4. The first kappa shape index (κ1) is 16.8. The fourth-order valence-electron chi connectivity index (χ4n) is 3.10. The van der Waals surface area contributed by atoms with Crippen molar-refractivity contribution < 1.29 is 0 Å². The van der Waals surface area contributed by atoms with Crippen molar-refractivity contribution in [3.05, 3.63) is 107 Å². The average molecular weight is 334 g/mol. The molecule has 0 aliphatic carbocycles. The highest BCUT2D eigenvalue weighted by molar-refractivity contribution is 8.00. The summed E-state index contributed by atoms with van der Waals surface area (Å²) in [5.41, 5.74) is 11.0. The Morgan fingerprint density at radius 3 is 1.62 bits per heavy atom. The smallest absolute Gasteiger partial charge is 0.0907 e. The number of hydrogen-bond donors (Lipinski definition) is 1. The summed E-state index contributed by atoms with van der Waals surface area (Å²) in [5, 5.41) is 0. The largest absolute Gasteiger partial charge is 0.330 e. The summed E-state index contributed by atoms with van der Waals surface area (Å²) in [4.78, 5) is 0. The van der Waals surface area contributed by atoms with Gasteiger partial charge >= 0.3 is 0 Å². The van der Waals surface area contributed by atoms with Gasteiger partial charge in [-0.25, -0.2) is 0 Å². The summed E-state index contributed by atoms with van der Waals surface area (Å²) in [6.07, 6.45) is 0. The van der Waals surface area contributed by atoms with Crippen LogP contribution in [0.25, 0.3) is 0 Å². The van der Waals surface area contributed by atoms with Gasteiger partial charge < -0.3 is 5.73 Å². The summed E-state index contributed by atoms with van der Waals surface area (Å²) >= 11 is 1.91. The van der Waals surface area contributed by atoms with Crippen molar-refractivity contribution in [1.82, 2.24) is 0 Å². The van der Waals surface area contributed by atoms with Gasteiger partial charge in [0.2, 0.25) is 0 Å². The van der Waals surface area contributed by atoms with Crippen LogP contribution in [0, 0.1) is 6.92 Å². The molecule has 3 aromatic carbocycles. The summed E-state index contributed by atoms with van der Waals surface area (Å²) in [7, 11) is 0. The molecule has 0 saturated heterocycles. The predicted octanol–water partition coefficient (Wildman–Crippen LogP) is 4.98. The van der Waals surface area contributed by atoms with Crippen LogP contribution in [0.5, 0.6) is 0 Å². The number of benzene rings is 3. The zero-order valence-corrected chi connectivity index (χ0v) is 14.8. The molecule has 3 rings (SSSR count). The quantitative estimate of drug-likeness (QED) is 0.644. The van der Waals surface area contributed by atoms with Gasteiger partial charge in [0.25, 0.3) is 0 Å². The van der Waals surface area contributed by atoms with Crippen molar-refractivity contribution in [1.29, 1.82) is 0 Å². The zero-order valence-electron chi connectivity index (χ0n) is 14.0. The molecule has 24 heavy (non-hydrogen) atoms. The minimum atomic E-state index is -0.240. The van der Waals surface area contributed by atoms with Crippen LogP contribution in [0.15, 0.2) is 84.9 Å². The Bertz CT molecular complexity index is 711. The number of aryl methyl sites for hydroxylation is 1. The second kappa shape index (κ2) is 7.69. The molecule has 0 atom stereocenters. The SMILES string of the molecule is Cc1ccc(C(SCCN)(c2ccccc2)c2ccccc2)cc1. The van der Waals surface area contributed by atoms with Crippen LogP contribution in [-0.2, 0) is 4.75 Å². The van der Waals surface area contributed by atoms with Gasteiger partial charge in [-0.2, -0.15) is 0 Å². The van der Waals surface area contributed by atoms with E-state index in [4.69, 9.17) is 5.73 Å². The molecule has 0 aliphatic heterocycles. The number of rotatable bonds is 6. The minimum Gasteiger partial charge on any atom is -0.330 e. The van der Waals surface area contributed by atoms with Crippen LogP contribution in [0.1, 0.15) is 22.3 Å². The molecule has 0 bridgehead atoms. The molecule has 0 spiro atoms. The average Bonchev–Trinajstić information content (AvgIpc) is 2.65. The standard InChI is InChI=1S/C22H23NS/c1-18-12-14-21(15-13-18)22(24-17-16-23,19-8-4-2-5-9-19)20-10-6-3-7-11-20/h2-15H,16-17,23H2,1H3. The van der Waals surface area contributed by atoms with Gasteiger partial charge in [-0.05, 0) is 23.6 Å². The van der Waals surface area contributed by atoms with E-state index in [9.17, 15) is 0 Å². The van der Waals surface area contributed by atoms with Gasteiger partial charge in [0.1, 0.15) is 0 Å². The van der Waals surface area contributed by atoms with E-state index in [-0.39, 0.29) is 4.75 Å². The lowest BCUT2D eigenvalue weighted by Gasteiger charge is -2.35. The molecule has 0 radical (unpaired) electrons. The molecule has 0 aliphatic rings. The topological polar surface area (TPSA) is 26.0 Å². The monoisotopic (exact) mass is 333 g/mol. The van der Waals surface area contributed by atoms with Crippen LogP contribution in [0.4, 0.5) is 0 Å². The van der Waals surface area contributed by atoms with E-state index in [0.717, 1.165) is 5.75 Å². The summed E-state index contributed by atoms with van der Waals surface area (Å²) in [6.45, 7) is 2.79. The van der Waals surface area contributed by atoms with Crippen molar-refractivity contribution in [2.75, 3.05) is 12.3 Å².